The molecular weight excluding hydrogens is 290 g/mol. The maximum Gasteiger partial charge on any atom is 0.220 e. The lowest BCUT2D eigenvalue weighted by molar-refractivity contribution is -0.121. The molecule has 2 N–H and O–H groups in total. The Morgan fingerprint density at radius 2 is 1.91 bits per heavy atom. The second-order valence-electron chi connectivity index (χ2n) is 5.62. The molecule has 0 fully saturated rings. The van der Waals surface area contributed by atoms with Gasteiger partial charge in [0.15, 0.2) is 0 Å². The number of anilines is 1. The number of hydrogen-bond donors (Lipinski definition) is 2. The van der Waals surface area contributed by atoms with Crippen LogP contribution in [0.15, 0.2) is 42.5 Å². The van der Waals surface area contributed by atoms with Gasteiger partial charge in [-0.05, 0) is 36.2 Å². The number of hydrogen-bond acceptors (Lipinski definition) is 4. The fourth-order valence-electron chi connectivity index (χ4n) is 2.24. The Labute approximate surface area is 137 Å². The molecule has 1 aromatic heterocycles. The van der Waals surface area contributed by atoms with Gasteiger partial charge in [0.25, 0.3) is 0 Å². The van der Waals surface area contributed by atoms with Crippen LogP contribution in [0, 0.1) is 0 Å². The summed E-state index contributed by atoms with van der Waals surface area (Å²) >= 11 is 0. The van der Waals surface area contributed by atoms with Gasteiger partial charge in [-0.15, -0.1) is 0 Å². The normalized spacial score (nSPS) is 10.4. The van der Waals surface area contributed by atoms with E-state index in [1.807, 2.05) is 49.3 Å². The molecule has 2 aromatic rings. The van der Waals surface area contributed by atoms with E-state index in [2.05, 4.69) is 16.4 Å². The van der Waals surface area contributed by atoms with Gasteiger partial charge in [0, 0.05) is 26.2 Å². The Morgan fingerprint density at radius 1 is 1.17 bits per heavy atom. The summed E-state index contributed by atoms with van der Waals surface area (Å²) in [5, 5.41) is 11.9. The first-order valence-corrected chi connectivity index (χ1v) is 7.67. The number of aliphatic hydroxyl groups is 1. The summed E-state index contributed by atoms with van der Waals surface area (Å²) in [6, 6.07) is 13.6. The van der Waals surface area contributed by atoms with Gasteiger partial charge in [0.2, 0.25) is 5.91 Å². The predicted molar refractivity (Wildman–Crippen MR) is 91.1 cm³/mol. The highest BCUT2D eigenvalue weighted by Gasteiger charge is 2.05. The average molecular weight is 313 g/mol. The molecule has 0 saturated carbocycles. The molecule has 0 aliphatic carbocycles. The number of aryl methyl sites for hydroxylation is 1. The largest absolute Gasteiger partial charge is 0.390 e. The van der Waals surface area contributed by atoms with E-state index in [4.69, 9.17) is 5.11 Å². The number of pyridine rings is 1. The Hall–Kier alpha value is -2.40. The number of benzene rings is 1. The van der Waals surface area contributed by atoms with Crippen molar-refractivity contribution in [3.8, 4) is 0 Å². The fraction of sp³-hybridized carbons (Fsp3) is 0.333. The van der Waals surface area contributed by atoms with E-state index in [-0.39, 0.29) is 12.5 Å². The highest BCUT2D eigenvalue weighted by atomic mass is 16.3. The number of carbonyl (C=O) groups is 1. The van der Waals surface area contributed by atoms with E-state index in [0.29, 0.717) is 25.1 Å². The first kappa shape index (κ1) is 17.0. The number of aliphatic hydroxyl groups excluding tert-OH is 1. The lowest BCUT2D eigenvalue weighted by Crippen LogP contribution is -2.23. The summed E-state index contributed by atoms with van der Waals surface area (Å²) in [6.45, 7) is 0.286. The zero-order chi connectivity index (χ0) is 16.7. The Kier molecular flexibility index (Phi) is 6.11. The van der Waals surface area contributed by atoms with Crippen molar-refractivity contribution in [2.45, 2.75) is 26.0 Å². The molecule has 2 rings (SSSR count). The van der Waals surface area contributed by atoms with Crippen molar-refractivity contribution in [1.82, 2.24) is 10.3 Å². The van der Waals surface area contributed by atoms with Crippen LogP contribution in [0.3, 0.4) is 0 Å². The summed E-state index contributed by atoms with van der Waals surface area (Å²) in [6.07, 6.45) is 1.15. The molecule has 1 heterocycles. The highest BCUT2D eigenvalue weighted by molar-refractivity contribution is 5.76. The third-order valence-electron chi connectivity index (χ3n) is 3.56. The molecule has 122 valence electrons. The highest BCUT2D eigenvalue weighted by Crippen LogP contribution is 2.14. The molecule has 1 aromatic carbocycles. The summed E-state index contributed by atoms with van der Waals surface area (Å²) < 4.78 is 0. The van der Waals surface area contributed by atoms with Crippen LogP contribution in [-0.4, -0.2) is 30.1 Å². The SMILES string of the molecule is CN(C)c1cccc(CCC(=O)NCc2cccc(CO)n2)c1. The van der Waals surface area contributed by atoms with Crippen molar-refractivity contribution in [3.05, 3.63) is 59.4 Å². The van der Waals surface area contributed by atoms with Crippen LogP contribution in [0.1, 0.15) is 23.4 Å². The van der Waals surface area contributed by atoms with Gasteiger partial charge in [-0.25, -0.2) is 0 Å². The predicted octanol–water partition coefficient (Wildman–Crippen LogP) is 1.89. The average Bonchev–Trinajstić information content (AvgIpc) is 2.58. The lowest BCUT2D eigenvalue weighted by atomic mass is 10.1. The van der Waals surface area contributed by atoms with Gasteiger partial charge < -0.3 is 15.3 Å². The minimum atomic E-state index is -0.0933. The van der Waals surface area contributed by atoms with Gasteiger partial charge in [-0.1, -0.05) is 18.2 Å². The smallest absolute Gasteiger partial charge is 0.220 e. The molecule has 0 radical (unpaired) electrons. The molecule has 23 heavy (non-hydrogen) atoms. The van der Waals surface area contributed by atoms with Gasteiger partial charge >= 0.3 is 0 Å². The summed E-state index contributed by atoms with van der Waals surface area (Å²) in [5.74, 6) is -0.00328. The maximum absolute atomic E-state index is 12.0. The monoisotopic (exact) mass is 313 g/mol. The summed E-state index contributed by atoms with van der Waals surface area (Å²) in [5.41, 5.74) is 3.64. The van der Waals surface area contributed by atoms with Gasteiger partial charge in [-0.3, -0.25) is 9.78 Å². The standard InChI is InChI=1S/C18H23N3O2/c1-21(2)17-8-3-5-14(11-17)9-10-18(23)19-12-15-6-4-7-16(13-22)20-15/h3-8,11,22H,9-10,12-13H2,1-2H3,(H,19,23). The minimum Gasteiger partial charge on any atom is -0.390 e. The van der Waals surface area contributed by atoms with Crippen molar-refractivity contribution in [3.63, 3.8) is 0 Å². The van der Waals surface area contributed by atoms with Crippen molar-refractivity contribution in [2.24, 2.45) is 0 Å². The van der Waals surface area contributed by atoms with E-state index < -0.39 is 0 Å². The molecule has 0 saturated heterocycles. The van der Waals surface area contributed by atoms with Crippen LogP contribution in [0.5, 0.6) is 0 Å². The number of nitrogens with zero attached hydrogens (tertiary/aromatic N) is 2. The number of carbonyl (C=O) groups excluding carboxylic acids is 1. The van der Waals surface area contributed by atoms with Crippen LogP contribution in [0.4, 0.5) is 5.69 Å². The van der Waals surface area contributed by atoms with Crippen LogP contribution in [0.25, 0.3) is 0 Å². The van der Waals surface area contributed by atoms with Crippen LogP contribution in [0.2, 0.25) is 0 Å². The molecular formula is C18H23N3O2. The number of aromatic nitrogens is 1. The first-order valence-electron chi connectivity index (χ1n) is 7.67. The van der Waals surface area contributed by atoms with Gasteiger partial charge in [0.1, 0.15) is 0 Å². The van der Waals surface area contributed by atoms with Crippen LogP contribution in [-0.2, 0) is 24.4 Å². The summed E-state index contributed by atoms with van der Waals surface area (Å²) in [7, 11) is 4.00. The summed E-state index contributed by atoms with van der Waals surface area (Å²) in [4.78, 5) is 18.3. The zero-order valence-electron chi connectivity index (χ0n) is 13.6. The van der Waals surface area contributed by atoms with Crippen molar-refractivity contribution < 1.29 is 9.90 Å². The Bertz CT molecular complexity index is 656. The van der Waals surface area contributed by atoms with Crippen LogP contribution >= 0.6 is 0 Å². The third-order valence-corrected chi connectivity index (χ3v) is 3.56. The molecule has 0 atom stereocenters. The van der Waals surface area contributed by atoms with Gasteiger partial charge in [-0.2, -0.15) is 0 Å². The van der Waals surface area contributed by atoms with Crippen molar-refractivity contribution >= 4 is 11.6 Å². The molecule has 0 spiro atoms. The molecule has 0 aliphatic heterocycles. The molecule has 5 nitrogen and oxygen atoms in total. The number of rotatable bonds is 7. The van der Waals surface area contributed by atoms with Gasteiger partial charge in [0.05, 0.1) is 24.5 Å². The Morgan fingerprint density at radius 3 is 2.65 bits per heavy atom. The first-order chi connectivity index (χ1) is 11.1. The second kappa shape index (κ2) is 8.29. The topological polar surface area (TPSA) is 65.5 Å². The number of amides is 1. The van der Waals surface area contributed by atoms with E-state index in [1.165, 1.54) is 0 Å². The Balaban J connectivity index is 1.82. The zero-order valence-corrected chi connectivity index (χ0v) is 13.6. The lowest BCUT2D eigenvalue weighted by Gasteiger charge is -2.13. The second-order valence-corrected chi connectivity index (χ2v) is 5.62. The number of nitrogens with one attached hydrogen (secondary N) is 1. The third kappa shape index (κ3) is 5.38. The van der Waals surface area contributed by atoms with E-state index in [9.17, 15) is 4.79 Å². The minimum absolute atomic E-state index is 0.00328. The quantitative estimate of drug-likeness (QED) is 0.819. The molecule has 5 heteroatoms. The van der Waals surface area contributed by atoms with Crippen LogP contribution < -0.4 is 10.2 Å². The fourth-order valence-corrected chi connectivity index (χ4v) is 2.24. The molecule has 0 aliphatic rings. The molecule has 1 amide bonds. The maximum atomic E-state index is 12.0. The molecule has 0 bridgehead atoms. The van der Waals surface area contributed by atoms with E-state index >= 15 is 0 Å². The van der Waals surface area contributed by atoms with E-state index in [1.54, 1.807) is 6.07 Å². The van der Waals surface area contributed by atoms with E-state index in [0.717, 1.165) is 16.9 Å². The molecule has 0 unspecified atom stereocenters. The van der Waals surface area contributed by atoms with Crippen molar-refractivity contribution in [1.29, 1.82) is 0 Å². The van der Waals surface area contributed by atoms with Crippen molar-refractivity contribution in [2.75, 3.05) is 19.0 Å².